The normalized spacial score (nSPS) is 12.9. The fourth-order valence-corrected chi connectivity index (χ4v) is 4.05. The number of carbonyl (C=O) groups excluding carboxylic acids is 2. The number of esters is 1. The highest BCUT2D eigenvalue weighted by atomic mass is 16.5. The summed E-state index contributed by atoms with van der Waals surface area (Å²) in [7, 11) is 3.93. The number of fused-ring (bicyclic) bond motifs is 2. The maximum atomic E-state index is 13.2. The number of benzene rings is 2. The van der Waals surface area contributed by atoms with Gasteiger partial charge in [-0.05, 0) is 43.3 Å². The van der Waals surface area contributed by atoms with Crippen LogP contribution in [0.5, 0.6) is 0 Å². The number of amides is 1. The molecule has 6 nitrogen and oxygen atoms in total. The number of ether oxygens (including phenoxy) is 1. The van der Waals surface area contributed by atoms with Crippen molar-refractivity contribution >= 4 is 28.5 Å². The van der Waals surface area contributed by atoms with Gasteiger partial charge in [-0.2, -0.15) is 0 Å². The van der Waals surface area contributed by atoms with Crippen molar-refractivity contribution in [2.24, 2.45) is 0 Å². The van der Waals surface area contributed by atoms with Gasteiger partial charge < -0.3 is 14.5 Å². The van der Waals surface area contributed by atoms with Crippen molar-refractivity contribution in [1.82, 2.24) is 9.88 Å². The van der Waals surface area contributed by atoms with Gasteiger partial charge in [-0.3, -0.25) is 9.78 Å². The molecule has 0 atom stereocenters. The fourth-order valence-electron chi connectivity index (χ4n) is 4.05. The summed E-state index contributed by atoms with van der Waals surface area (Å²) in [6, 6.07) is 13.4. The van der Waals surface area contributed by atoms with Crippen molar-refractivity contribution in [2.75, 3.05) is 32.1 Å². The molecule has 0 fully saturated rings. The van der Waals surface area contributed by atoms with Crippen molar-refractivity contribution in [3.8, 4) is 0 Å². The second kappa shape index (κ2) is 8.83. The summed E-state index contributed by atoms with van der Waals surface area (Å²) in [5, 5.41) is 0.752. The van der Waals surface area contributed by atoms with Crippen LogP contribution >= 0.6 is 0 Å². The van der Waals surface area contributed by atoms with Crippen molar-refractivity contribution in [1.29, 1.82) is 0 Å². The molecule has 1 amide bonds. The lowest BCUT2D eigenvalue weighted by Crippen LogP contribution is -2.37. The Morgan fingerprint density at radius 3 is 2.62 bits per heavy atom. The van der Waals surface area contributed by atoms with Gasteiger partial charge in [0.15, 0.2) is 0 Å². The molecule has 0 unspecified atom stereocenters. The molecule has 3 aromatic rings. The van der Waals surface area contributed by atoms with E-state index in [-0.39, 0.29) is 12.5 Å². The first-order valence-electron chi connectivity index (χ1n) is 10.7. The molecule has 1 aliphatic rings. The number of rotatable bonds is 5. The molecule has 0 bridgehead atoms. The summed E-state index contributed by atoms with van der Waals surface area (Å²) in [6.45, 7) is 6.60. The zero-order valence-electron chi connectivity index (χ0n) is 18.7. The second-order valence-electron chi connectivity index (χ2n) is 8.24. The van der Waals surface area contributed by atoms with E-state index in [4.69, 9.17) is 9.72 Å². The number of anilines is 1. The molecule has 2 heterocycles. The minimum atomic E-state index is -0.413. The van der Waals surface area contributed by atoms with Crippen LogP contribution in [-0.2, 0) is 17.7 Å². The van der Waals surface area contributed by atoms with Gasteiger partial charge in [0.05, 0.1) is 11.1 Å². The molecular weight excluding hydrogens is 402 g/mol. The lowest BCUT2D eigenvalue weighted by Gasteiger charge is -2.30. The zero-order valence-corrected chi connectivity index (χ0v) is 18.7. The van der Waals surface area contributed by atoms with E-state index in [1.807, 2.05) is 68.4 Å². The van der Waals surface area contributed by atoms with E-state index in [1.54, 1.807) is 11.0 Å². The zero-order chi connectivity index (χ0) is 22.8. The Kier molecular flexibility index (Phi) is 5.95. The molecule has 32 heavy (non-hydrogen) atoms. The molecule has 0 N–H and O–H groups in total. The first-order valence-corrected chi connectivity index (χ1v) is 10.7. The van der Waals surface area contributed by atoms with Gasteiger partial charge in [0.2, 0.25) is 0 Å². The van der Waals surface area contributed by atoms with Crippen molar-refractivity contribution < 1.29 is 14.3 Å². The first kappa shape index (κ1) is 21.6. The number of aromatic nitrogens is 1. The van der Waals surface area contributed by atoms with E-state index in [0.29, 0.717) is 30.6 Å². The summed E-state index contributed by atoms with van der Waals surface area (Å²) in [5.74, 6) is -0.473. The summed E-state index contributed by atoms with van der Waals surface area (Å²) >= 11 is 0. The molecule has 1 aromatic heterocycles. The van der Waals surface area contributed by atoms with Crippen molar-refractivity contribution in [3.63, 3.8) is 0 Å². The quantitative estimate of drug-likeness (QED) is 0.450. The molecule has 0 radical (unpaired) electrons. The number of aryl methyl sites for hydroxylation is 1. The summed E-state index contributed by atoms with van der Waals surface area (Å²) in [5.41, 5.74) is 5.56. The van der Waals surface area contributed by atoms with Crippen LogP contribution in [-0.4, -0.2) is 49.0 Å². The van der Waals surface area contributed by atoms with Gasteiger partial charge in [0.1, 0.15) is 6.61 Å². The van der Waals surface area contributed by atoms with Crippen LogP contribution in [0.2, 0.25) is 0 Å². The Hall–Kier alpha value is -3.67. The third-order valence-electron chi connectivity index (χ3n) is 5.75. The second-order valence-corrected chi connectivity index (χ2v) is 8.24. The molecule has 0 spiro atoms. The molecule has 2 aromatic carbocycles. The van der Waals surface area contributed by atoms with Crippen LogP contribution in [0.3, 0.4) is 0 Å². The van der Waals surface area contributed by atoms with Crippen LogP contribution in [0.25, 0.3) is 10.9 Å². The minimum Gasteiger partial charge on any atom is -0.458 e. The number of pyridine rings is 1. The van der Waals surface area contributed by atoms with Crippen molar-refractivity contribution in [3.05, 3.63) is 83.1 Å². The van der Waals surface area contributed by atoms with E-state index < -0.39 is 5.97 Å². The largest absolute Gasteiger partial charge is 0.458 e. The Morgan fingerprint density at radius 1 is 1.19 bits per heavy atom. The predicted octanol–water partition coefficient (Wildman–Crippen LogP) is 4.15. The van der Waals surface area contributed by atoms with Gasteiger partial charge >= 0.3 is 5.97 Å². The number of hydrogen-bond acceptors (Lipinski definition) is 5. The topological polar surface area (TPSA) is 62.7 Å². The van der Waals surface area contributed by atoms with Crippen LogP contribution in [0.4, 0.5) is 5.69 Å². The maximum absolute atomic E-state index is 13.2. The van der Waals surface area contributed by atoms with Gasteiger partial charge in [-0.1, -0.05) is 24.3 Å². The molecule has 1 aliphatic heterocycles. The van der Waals surface area contributed by atoms with Crippen molar-refractivity contribution in [2.45, 2.75) is 19.9 Å². The third kappa shape index (κ3) is 4.08. The predicted molar refractivity (Wildman–Crippen MR) is 126 cm³/mol. The van der Waals surface area contributed by atoms with Crippen LogP contribution in [0, 0.1) is 6.92 Å². The summed E-state index contributed by atoms with van der Waals surface area (Å²) < 4.78 is 5.41. The molecule has 0 saturated carbocycles. The highest BCUT2D eigenvalue weighted by Gasteiger charge is 2.29. The minimum absolute atomic E-state index is 0.0595. The van der Waals surface area contributed by atoms with E-state index >= 15 is 0 Å². The molecule has 4 rings (SSSR count). The third-order valence-corrected chi connectivity index (χ3v) is 5.75. The molecule has 164 valence electrons. The van der Waals surface area contributed by atoms with Crippen LogP contribution < -0.4 is 4.90 Å². The number of carbonyl (C=O) groups is 2. The van der Waals surface area contributed by atoms with Gasteiger partial charge in [0, 0.05) is 61.5 Å². The van der Waals surface area contributed by atoms with Gasteiger partial charge in [0.25, 0.3) is 5.91 Å². The van der Waals surface area contributed by atoms with E-state index in [0.717, 1.165) is 33.4 Å². The van der Waals surface area contributed by atoms with Gasteiger partial charge in [-0.15, -0.1) is 0 Å². The fraction of sp³-hybridized carbons (Fsp3) is 0.269. The number of nitrogens with zero attached hydrogens (tertiary/aromatic N) is 3. The average Bonchev–Trinajstić information content (AvgIpc) is 2.80. The van der Waals surface area contributed by atoms with E-state index in [2.05, 4.69) is 6.58 Å². The van der Waals surface area contributed by atoms with Crippen LogP contribution in [0.1, 0.15) is 37.5 Å². The van der Waals surface area contributed by atoms with E-state index in [9.17, 15) is 9.59 Å². The highest BCUT2D eigenvalue weighted by molar-refractivity contribution is 6.05. The standard InChI is InChI=1S/C26H27N3O3/c1-5-14-32-26(31)24-20-15-17(2)6-11-22(20)27-23-12-13-29(16-21(23)24)25(30)18-7-9-19(10-8-18)28(3)4/h5-11,15H,1,12-14,16H2,2-4H3. The maximum Gasteiger partial charge on any atom is 0.339 e. The number of hydrogen-bond donors (Lipinski definition) is 0. The SMILES string of the molecule is C=CCOC(=O)c1c2c(nc3ccc(C)cc13)CCN(C(=O)c1ccc(N(C)C)cc1)C2. The average molecular weight is 430 g/mol. The highest BCUT2D eigenvalue weighted by Crippen LogP contribution is 2.30. The lowest BCUT2D eigenvalue weighted by atomic mass is 9.94. The van der Waals surface area contributed by atoms with Crippen LogP contribution in [0.15, 0.2) is 55.1 Å². The Bertz CT molecular complexity index is 1200. The Labute approximate surface area is 188 Å². The lowest BCUT2D eigenvalue weighted by molar-refractivity contribution is 0.0544. The summed E-state index contributed by atoms with van der Waals surface area (Å²) in [6.07, 6.45) is 2.13. The summed E-state index contributed by atoms with van der Waals surface area (Å²) in [4.78, 5) is 34.8. The molecular formula is C26H27N3O3. The smallest absolute Gasteiger partial charge is 0.339 e. The Morgan fingerprint density at radius 2 is 1.94 bits per heavy atom. The van der Waals surface area contributed by atoms with Gasteiger partial charge in [-0.25, -0.2) is 4.79 Å². The Balaban J connectivity index is 1.73. The molecule has 6 heteroatoms. The van der Waals surface area contributed by atoms with E-state index in [1.165, 1.54) is 0 Å². The molecule has 0 saturated heterocycles. The monoisotopic (exact) mass is 429 g/mol. The first-order chi connectivity index (χ1) is 15.4. The molecule has 0 aliphatic carbocycles.